The lowest BCUT2D eigenvalue weighted by molar-refractivity contribution is 0.102. The first-order valence-electron chi connectivity index (χ1n) is 5.78. The summed E-state index contributed by atoms with van der Waals surface area (Å²) in [6, 6.07) is 9.61. The van der Waals surface area contributed by atoms with Crippen molar-refractivity contribution in [2.75, 3.05) is 5.32 Å². The second-order valence-corrected chi connectivity index (χ2v) is 7.71. The summed E-state index contributed by atoms with van der Waals surface area (Å²) in [5, 5.41) is 7.67. The Hall–Kier alpha value is -1.25. The van der Waals surface area contributed by atoms with Gasteiger partial charge in [0.25, 0.3) is 5.91 Å². The molecule has 3 rings (SSSR count). The normalized spacial score (nSPS) is 10.4. The van der Waals surface area contributed by atoms with Gasteiger partial charge >= 0.3 is 0 Å². The van der Waals surface area contributed by atoms with Crippen LogP contribution >= 0.6 is 45.3 Å². The second-order valence-electron chi connectivity index (χ2n) is 4.01. The Balaban J connectivity index is 1.81. The van der Waals surface area contributed by atoms with Crippen LogP contribution < -0.4 is 5.32 Å². The van der Waals surface area contributed by atoms with Crippen molar-refractivity contribution in [1.29, 1.82) is 0 Å². The van der Waals surface area contributed by atoms with Crippen LogP contribution in [0.15, 0.2) is 47.3 Å². The number of anilines is 1. The fraction of sp³-hybridized carbons (Fsp3) is 0. The molecule has 20 heavy (non-hydrogen) atoms. The Labute approximate surface area is 137 Å². The molecule has 0 fully saturated rings. The average Bonchev–Trinajstić information content (AvgIpc) is 3.10. The average molecular weight is 412 g/mol. The van der Waals surface area contributed by atoms with Crippen molar-refractivity contribution in [2.24, 2.45) is 0 Å². The topological polar surface area (TPSA) is 42.0 Å². The van der Waals surface area contributed by atoms with E-state index >= 15 is 0 Å². The standard InChI is InChI=1S/C14H9IN2OS2/c15-12-7-10(8-20-12)13(18)17-11-3-1-2-9(6-11)14-16-4-5-19-14/h1-8H,(H,17,18). The van der Waals surface area contributed by atoms with Crippen molar-refractivity contribution in [3.05, 3.63) is 55.7 Å². The van der Waals surface area contributed by atoms with E-state index in [4.69, 9.17) is 0 Å². The number of carbonyl (C=O) groups excluding carboxylic acids is 1. The van der Waals surface area contributed by atoms with Gasteiger partial charge in [0.1, 0.15) is 5.01 Å². The van der Waals surface area contributed by atoms with Gasteiger partial charge in [0.15, 0.2) is 0 Å². The Bertz CT molecular complexity index is 737. The third kappa shape index (κ3) is 3.08. The molecule has 0 spiro atoms. The molecular weight excluding hydrogens is 403 g/mol. The molecule has 1 N–H and O–H groups in total. The number of nitrogens with zero attached hydrogens (tertiary/aromatic N) is 1. The molecular formula is C14H9IN2OS2. The number of halogens is 1. The highest BCUT2D eigenvalue weighted by molar-refractivity contribution is 14.1. The third-order valence-corrected chi connectivity index (χ3v) is 5.24. The Morgan fingerprint density at radius 2 is 2.15 bits per heavy atom. The van der Waals surface area contributed by atoms with Crippen LogP contribution in [0.5, 0.6) is 0 Å². The van der Waals surface area contributed by atoms with Crippen molar-refractivity contribution in [3.63, 3.8) is 0 Å². The minimum atomic E-state index is -0.0829. The summed E-state index contributed by atoms with van der Waals surface area (Å²) in [5.41, 5.74) is 2.49. The van der Waals surface area contributed by atoms with Crippen molar-refractivity contribution < 1.29 is 4.79 Å². The number of benzene rings is 1. The van der Waals surface area contributed by atoms with Crippen LogP contribution in [-0.4, -0.2) is 10.9 Å². The van der Waals surface area contributed by atoms with Crippen LogP contribution in [-0.2, 0) is 0 Å². The zero-order valence-corrected chi connectivity index (χ0v) is 14.0. The largest absolute Gasteiger partial charge is 0.322 e. The van der Waals surface area contributed by atoms with E-state index in [0.717, 1.165) is 19.1 Å². The monoisotopic (exact) mass is 412 g/mol. The number of nitrogens with one attached hydrogen (secondary N) is 1. The smallest absolute Gasteiger partial charge is 0.256 e. The molecule has 0 saturated heterocycles. The molecule has 0 atom stereocenters. The lowest BCUT2D eigenvalue weighted by Crippen LogP contribution is -2.10. The van der Waals surface area contributed by atoms with E-state index in [1.807, 2.05) is 41.1 Å². The van der Waals surface area contributed by atoms with Gasteiger partial charge in [-0.05, 0) is 40.8 Å². The number of thiophene rings is 1. The third-order valence-electron chi connectivity index (χ3n) is 2.63. The molecule has 0 aliphatic rings. The highest BCUT2D eigenvalue weighted by Crippen LogP contribution is 2.25. The Kier molecular flexibility index (Phi) is 4.13. The number of aromatic nitrogens is 1. The highest BCUT2D eigenvalue weighted by Gasteiger charge is 2.09. The first-order valence-corrected chi connectivity index (χ1v) is 8.61. The molecule has 0 aliphatic heterocycles. The van der Waals surface area contributed by atoms with Gasteiger partial charge in [0.05, 0.1) is 8.45 Å². The predicted octanol–water partition coefficient (Wildman–Crippen LogP) is 4.73. The van der Waals surface area contributed by atoms with Gasteiger partial charge in [-0.2, -0.15) is 0 Å². The number of carbonyl (C=O) groups is 1. The lowest BCUT2D eigenvalue weighted by Gasteiger charge is -2.05. The van der Waals surface area contributed by atoms with E-state index < -0.39 is 0 Å². The molecule has 0 saturated carbocycles. The summed E-state index contributed by atoms with van der Waals surface area (Å²) in [7, 11) is 0. The first-order chi connectivity index (χ1) is 9.72. The van der Waals surface area contributed by atoms with Gasteiger partial charge in [0, 0.05) is 28.2 Å². The van der Waals surface area contributed by atoms with Gasteiger partial charge < -0.3 is 5.32 Å². The maximum absolute atomic E-state index is 12.1. The number of thiazole rings is 1. The van der Waals surface area contributed by atoms with Crippen LogP contribution in [0.3, 0.4) is 0 Å². The fourth-order valence-corrected chi connectivity index (χ4v) is 3.69. The lowest BCUT2D eigenvalue weighted by atomic mass is 10.2. The number of hydrogen-bond donors (Lipinski definition) is 1. The Morgan fingerprint density at radius 1 is 1.25 bits per heavy atom. The van der Waals surface area contributed by atoms with Crippen LogP contribution in [0, 0.1) is 2.88 Å². The minimum Gasteiger partial charge on any atom is -0.322 e. The second kappa shape index (κ2) is 6.02. The molecule has 3 nitrogen and oxygen atoms in total. The van der Waals surface area contributed by atoms with E-state index in [1.165, 1.54) is 0 Å². The number of rotatable bonds is 3. The molecule has 2 heterocycles. The summed E-state index contributed by atoms with van der Waals surface area (Å²) in [6.07, 6.45) is 1.78. The molecule has 6 heteroatoms. The van der Waals surface area contributed by atoms with Gasteiger partial charge in [0.2, 0.25) is 0 Å². The molecule has 0 bridgehead atoms. The fourth-order valence-electron chi connectivity index (χ4n) is 1.73. The van der Waals surface area contributed by atoms with Crippen LogP contribution in [0.25, 0.3) is 10.6 Å². The molecule has 0 radical (unpaired) electrons. The summed E-state index contributed by atoms with van der Waals surface area (Å²) >= 11 is 5.35. The molecule has 3 aromatic rings. The van der Waals surface area contributed by atoms with E-state index in [1.54, 1.807) is 28.9 Å². The van der Waals surface area contributed by atoms with Crippen molar-refractivity contribution >= 4 is 56.9 Å². The highest BCUT2D eigenvalue weighted by atomic mass is 127. The van der Waals surface area contributed by atoms with Crippen LogP contribution in [0.2, 0.25) is 0 Å². The van der Waals surface area contributed by atoms with Crippen molar-refractivity contribution in [2.45, 2.75) is 0 Å². The molecule has 0 unspecified atom stereocenters. The molecule has 0 aliphatic carbocycles. The van der Waals surface area contributed by atoms with Gasteiger partial charge in [-0.15, -0.1) is 22.7 Å². The van der Waals surface area contributed by atoms with Crippen LogP contribution in [0.4, 0.5) is 5.69 Å². The maximum atomic E-state index is 12.1. The molecule has 2 aromatic heterocycles. The van der Waals surface area contributed by atoms with Gasteiger partial charge in [-0.3, -0.25) is 4.79 Å². The van der Waals surface area contributed by atoms with E-state index in [2.05, 4.69) is 32.9 Å². The summed E-state index contributed by atoms with van der Waals surface area (Å²) < 4.78 is 1.10. The molecule has 1 aromatic carbocycles. The van der Waals surface area contributed by atoms with Crippen LogP contribution in [0.1, 0.15) is 10.4 Å². The quantitative estimate of drug-likeness (QED) is 0.633. The van der Waals surface area contributed by atoms with Gasteiger partial charge in [-0.1, -0.05) is 12.1 Å². The molecule has 100 valence electrons. The zero-order valence-electron chi connectivity index (χ0n) is 10.2. The van der Waals surface area contributed by atoms with E-state index in [9.17, 15) is 4.79 Å². The first kappa shape index (κ1) is 13.7. The summed E-state index contributed by atoms with van der Waals surface area (Å²) in [4.78, 5) is 16.4. The van der Waals surface area contributed by atoms with Crippen molar-refractivity contribution in [3.8, 4) is 10.6 Å². The van der Waals surface area contributed by atoms with E-state index in [-0.39, 0.29) is 5.91 Å². The minimum absolute atomic E-state index is 0.0829. The zero-order chi connectivity index (χ0) is 13.9. The number of hydrogen-bond acceptors (Lipinski definition) is 4. The van der Waals surface area contributed by atoms with Gasteiger partial charge in [-0.25, -0.2) is 4.98 Å². The SMILES string of the molecule is O=C(Nc1cccc(-c2nccs2)c1)c1csc(I)c1. The van der Waals surface area contributed by atoms with Crippen molar-refractivity contribution in [1.82, 2.24) is 4.98 Å². The summed E-state index contributed by atoms with van der Waals surface area (Å²) in [5.74, 6) is -0.0829. The molecule has 1 amide bonds. The van der Waals surface area contributed by atoms with E-state index in [0.29, 0.717) is 5.56 Å². The predicted molar refractivity (Wildman–Crippen MR) is 92.5 cm³/mol. The number of amides is 1. The summed E-state index contributed by atoms with van der Waals surface area (Å²) in [6.45, 7) is 0. The maximum Gasteiger partial charge on any atom is 0.256 e. The Morgan fingerprint density at radius 3 is 2.85 bits per heavy atom.